The van der Waals surface area contributed by atoms with E-state index in [-0.39, 0.29) is 23.8 Å². The van der Waals surface area contributed by atoms with E-state index >= 15 is 0 Å². The number of aliphatic hydroxyl groups excluding tert-OH is 1. The molecule has 0 saturated carbocycles. The van der Waals surface area contributed by atoms with Gasteiger partial charge in [0.2, 0.25) is 0 Å². The second-order valence-corrected chi connectivity index (χ2v) is 5.38. The SMILES string of the molecule is CC(NCC(C)(C)CO)c1cccc(OC(F)F)c1. The molecule has 2 N–H and O–H groups in total. The molecule has 1 atom stereocenters. The molecule has 1 aromatic rings. The van der Waals surface area contributed by atoms with E-state index in [0.29, 0.717) is 6.54 Å². The van der Waals surface area contributed by atoms with Gasteiger partial charge in [-0.2, -0.15) is 8.78 Å². The van der Waals surface area contributed by atoms with E-state index < -0.39 is 6.61 Å². The number of halogens is 2. The molecule has 0 fully saturated rings. The number of ether oxygens (including phenoxy) is 1. The molecule has 0 aliphatic carbocycles. The smallest absolute Gasteiger partial charge is 0.387 e. The lowest BCUT2D eigenvalue weighted by Gasteiger charge is -2.25. The normalized spacial score (nSPS) is 13.6. The Bertz CT molecular complexity index is 397. The quantitative estimate of drug-likeness (QED) is 0.802. The first kappa shape index (κ1) is 15.9. The van der Waals surface area contributed by atoms with Crippen molar-refractivity contribution in [2.24, 2.45) is 5.41 Å². The fourth-order valence-corrected chi connectivity index (χ4v) is 1.56. The second-order valence-electron chi connectivity index (χ2n) is 5.38. The third-order valence-corrected chi connectivity index (χ3v) is 2.90. The molecule has 0 radical (unpaired) electrons. The summed E-state index contributed by atoms with van der Waals surface area (Å²) in [6.45, 7) is 3.74. The van der Waals surface area contributed by atoms with Gasteiger partial charge in [-0.25, -0.2) is 0 Å². The van der Waals surface area contributed by atoms with Gasteiger partial charge in [-0.3, -0.25) is 0 Å². The lowest BCUT2D eigenvalue weighted by atomic mass is 9.94. The van der Waals surface area contributed by atoms with Crippen LogP contribution in [0.3, 0.4) is 0 Å². The topological polar surface area (TPSA) is 41.5 Å². The van der Waals surface area contributed by atoms with Crippen molar-refractivity contribution < 1.29 is 18.6 Å². The molecular formula is C14H21F2NO2. The molecule has 0 bridgehead atoms. The molecule has 0 spiro atoms. The molecule has 19 heavy (non-hydrogen) atoms. The Morgan fingerprint density at radius 3 is 2.63 bits per heavy atom. The molecule has 5 heteroatoms. The Labute approximate surface area is 112 Å². The molecule has 1 rings (SSSR count). The minimum atomic E-state index is -2.81. The monoisotopic (exact) mass is 273 g/mol. The van der Waals surface area contributed by atoms with E-state index in [4.69, 9.17) is 0 Å². The average Bonchev–Trinajstić information content (AvgIpc) is 2.35. The zero-order valence-electron chi connectivity index (χ0n) is 11.5. The van der Waals surface area contributed by atoms with E-state index in [1.807, 2.05) is 26.8 Å². The largest absolute Gasteiger partial charge is 0.435 e. The summed E-state index contributed by atoms with van der Waals surface area (Å²) in [6.07, 6.45) is 0. The summed E-state index contributed by atoms with van der Waals surface area (Å²) >= 11 is 0. The molecule has 0 aromatic heterocycles. The van der Waals surface area contributed by atoms with Gasteiger partial charge in [0.1, 0.15) is 5.75 Å². The highest BCUT2D eigenvalue weighted by Gasteiger charge is 2.18. The maximum absolute atomic E-state index is 12.1. The highest BCUT2D eigenvalue weighted by molar-refractivity contribution is 5.30. The predicted octanol–water partition coefficient (Wildman–Crippen LogP) is 2.96. The van der Waals surface area contributed by atoms with E-state index in [1.165, 1.54) is 6.07 Å². The molecule has 0 amide bonds. The molecule has 1 unspecified atom stereocenters. The minimum absolute atomic E-state index is 0.00736. The molecule has 0 heterocycles. The van der Waals surface area contributed by atoms with Crippen LogP contribution in [0.5, 0.6) is 5.75 Å². The Kier molecular flexibility index (Phi) is 5.69. The van der Waals surface area contributed by atoms with Gasteiger partial charge >= 0.3 is 6.61 Å². The van der Waals surface area contributed by atoms with Crippen molar-refractivity contribution in [1.82, 2.24) is 5.32 Å². The summed E-state index contributed by atoms with van der Waals surface area (Å²) in [5, 5.41) is 12.4. The molecule has 0 aliphatic heterocycles. The summed E-state index contributed by atoms with van der Waals surface area (Å²) in [7, 11) is 0. The van der Waals surface area contributed by atoms with Gasteiger partial charge in [-0.1, -0.05) is 26.0 Å². The number of alkyl halides is 2. The van der Waals surface area contributed by atoms with E-state index in [0.717, 1.165) is 5.56 Å². The van der Waals surface area contributed by atoms with Crippen LogP contribution in [-0.2, 0) is 0 Å². The van der Waals surface area contributed by atoms with Gasteiger partial charge in [0.25, 0.3) is 0 Å². The first-order valence-corrected chi connectivity index (χ1v) is 6.23. The van der Waals surface area contributed by atoms with Crippen LogP contribution in [0.2, 0.25) is 0 Å². The zero-order valence-corrected chi connectivity index (χ0v) is 11.5. The Hall–Kier alpha value is -1.20. The second kappa shape index (κ2) is 6.82. The number of nitrogens with one attached hydrogen (secondary N) is 1. The molecule has 108 valence electrons. The molecule has 1 aromatic carbocycles. The van der Waals surface area contributed by atoms with Gasteiger partial charge in [-0.05, 0) is 24.6 Å². The van der Waals surface area contributed by atoms with Crippen molar-refractivity contribution in [3.63, 3.8) is 0 Å². The first-order valence-electron chi connectivity index (χ1n) is 6.23. The van der Waals surface area contributed by atoms with Crippen LogP contribution in [-0.4, -0.2) is 24.9 Å². The average molecular weight is 273 g/mol. The first-order chi connectivity index (χ1) is 8.84. The molecule has 0 aliphatic rings. The van der Waals surface area contributed by atoms with Crippen LogP contribution >= 0.6 is 0 Å². The van der Waals surface area contributed by atoms with Gasteiger partial charge in [-0.15, -0.1) is 0 Å². The van der Waals surface area contributed by atoms with Crippen LogP contribution in [0, 0.1) is 5.41 Å². The van der Waals surface area contributed by atoms with E-state index in [9.17, 15) is 13.9 Å². The maximum atomic E-state index is 12.1. The van der Waals surface area contributed by atoms with Crippen LogP contribution in [0.4, 0.5) is 8.78 Å². The van der Waals surface area contributed by atoms with Crippen molar-refractivity contribution in [2.45, 2.75) is 33.4 Å². The fraction of sp³-hybridized carbons (Fsp3) is 0.571. The Morgan fingerprint density at radius 1 is 1.37 bits per heavy atom. The van der Waals surface area contributed by atoms with Crippen molar-refractivity contribution in [2.75, 3.05) is 13.2 Å². The minimum Gasteiger partial charge on any atom is -0.435 e. The summed E-state index contributed by atoms with van der Waals surface area (Å²) in [5.74, 6) is 0.155. The van der Waals surface area contributed by atoms with Gasteiger partial charge < -0.3 is 15.2 Å². The number of hydrogen-bond donors (Lipinski definition) is 2. The van der Waals surface area contributed by atoms with Crippen LogP contribution in [0.25, 0.3) is 0 Å². The summed E-state index contributed by atoms with van der Waals surface area (Å²) < 4.78 is 28.6. The summed E-state index contributed by atoms with van der Waals surface area (Å²) in [5.41, 5.74) is 0.651. The predicted molar refractivity (Wildman–Crippen MR) is 70.4 cm³/mol. The lowest BCUT2D eigenvalue weighted by Crippen LogP contribution is -2.33. The third kappa shape index (κ3) is 5.53. The van der Waals surface area contributed by atoms with Crippen LogP contribution in [0.15, 0.2) is 24.3 Å². The van der Waals surface area contributed by atoms with Crippen molar-refractivity contribution >= 4 is 0 Å². The highest BCUT2D eigenvalue weighted by Crippen LogP contribution is 2.21. The third-order valence-electron chi connectivity index (χ3n) is 2.90. The van der Waals surface area contributed by atoms with Crippen LogP contribution < -0.4 is 10.1 Å². The summed E-state index contributed by atoms with van der Waals surface area (Å²) in [4.78, 5) is 0. The van der Waals surface area contributed by atoms with Crippen LogP contribution in [0.1, 0.15) is 32.4 Å². The fourth-order valence-electron chi connectivity index (χ4n) is 1.56. The van der Waals surface area contributed by atoms with Gasteiger partial charge in [0.05, 0.1) is 0 Å². The number of hydrogen-bond acceptors (Lipinski definition) is 3. The standard InChI is InChI=1S/C14H21F2NO2/c1-10(17-8-14(2,3)9-18)11-5-4-6-12(7-11)19-13(15)16/h4-7,10,13,17-18H,8-9H2,1-3H3. The van der Waals surface area contributed by atoms with E-state index in [1.54, 1.807) is 12.1 Å². The van der Waals surface area contributed by atoms with E-state index in [2.05, 4.69) is 10.1 Å². The molecule has 0 saturated heterocycles. The van der Waals surface area contributed by atoms with Gasteiger partial charge in [0, 0.05) is 24.6 Å². The van der Waals surface area contributed by atoms with Crippen molar-refractivity contribution in [3.05, 3.63) is 29.8 Å². The van der Waals surface area contributed by atoms with Crippen molar-refractivity contribution in [3.8, 4) is 5.75 Å². The number of benzene rings is 1. The molecule has 3 nitrogen and oxygen atoms in total. The lowest BCUT2D eigenvalue weighted by molar-refractivity contribution is -0.0499. The van der Waals surface area contributed by atoms with Gasteiger partial charge in [0.15, 0.2) is 0 Å². The number of aliphatic hydroxyl groups is 1. The highest BCUT2D eigenvalue weighted by atomic mass is 19.3. The van der Waals surface area contributed by atoms with Crippen molar-refractivity contribution in [1.29, 1.82) is 0 Å². The maximum Gasteiger partial charge on any atom is 0.387 e. The number of rotatable bonds is 7. The molecular weight excluding hydrogens is 252 g/mol. The zero-order chi connectivity index (χ0) is 14.5. The Morgan fingerprint density at radius 2 is 2.05 bits per heavy atom. The summed E-state index contributed by atoms with van der Waals surface area (Å²) in [6, 6.07) is 6.62. The Balaban J connectivity index is 2.64.